The Kier molecular flexibility index (Phi) is 7.08. The first kappa shape index (κ1) is 18.8. The van der Waals surface area contributed by atoms with Gasteiger partial charge in [0.1, 0.15) is 6.61 Å². The van der Waals surface area contributed by atoms with E-state index in [1.54, 1.807) is 11.8 Å². The third-order valence-electron chi connectivity index (χ3n) is 4.13. The topological polar surface area (TPSA) is 81.7 Å². The maximum atomic E-state index is 12.4. The largest absolute Gasteiger partial charge is 0.387 e. The molecule has 24 heavy (non-hydrogen) atoms. The number of likely N-dealkylation sites (tertiary alicyclic amines) is 1. The van der Waals surface area contributed by atoms with E-state index in [0.29, 0.717) is 26.1 Å². The highest BCUT2D eigenvalue weighted by molar-refractivity contribution is 7.98. The number of likely N-dealkylation sites (N-methyl/N-ethyl adjacent to an activating group) is 1. The van der Waals surface area contributed by atoms with Gasteiger partial charge < -0.3 is 15.7 Å². The van der Waals surface area contributed by atoms with Crippen LogP contribution in [0, 0.1) is 0 Å². The summed E-state index contributed by atoms with van der Waals surface area (Å²) < 4.78 is 0. The summed E-state index contributed by atoms with van der Waals surface area (Å²) in [7, 11) is 0. The normalized spacial score (nSPS) is 20.8. The summed E-state index contributed by atoms with van der Waals surface area (Å²) >= 11 is 1.68. The average molecular weight is 351 g/mol. The number of thioether (sulfide) groups is 1. The van der Waals surface area contributed by atoms with Gasteiger partial charge in [0.15, 0.2) is 0 Å². The molecule has 0 bridgehead atoms. The molecular weight excluding hydrogens is 326 g/mol. The van der Waals surface area contributed by atoms with Gasteiger partial charge in [-0.05, 0) is 31.2 Å². The SMILES string of the molecule is CCNC(=O)[C@@H]1C[C@@H](NC(=O)CO)CN1Cc1ccccc1SC. The first-order valence-corrected chi connectivity index (χ1v) is 9.35. The molecule has 1 aromatic carbocycles. The fraction of sp³-hybridized carbons (Fsp3) is 0.529. The van der Waals surface area contributed by atoms with Gasteiger partial charge in [-0.2, -0.15) is 0 Å². The third kappa shape index (κ3) is 4.72. The maximum Gasteiger partial charge on any atom is 0.245 e. The highest BCUT2D eigenvalue weighted by atomic mass is 32.2. The van der Waals surface area contributed by atoms with Crippen LogP contribution in [0.4, 0.5) is 0 Å². The summed E-state index contributed by atoms with van der Waals surface area (Å²) in [6.07, 6.45) is 2.59. The van der Waals surface area contributed by atoms with Crippen LogP contribution in [-0.4, -0.2) is 59.9 Å². The second-order valence-electron chi connectivity index (χ2n) is 5.81. The number of benzene rings is 1. The first-order chi connectivity index (χ1) is 11.6. The van der Waals surface area contributed by atoms with Gasteiger partial charge in [-0.25, -0.2) is 0 Å². The minimum absolute atomic E-state index is 0.0140. The van der Waals surface area contributed by atoms with Crippen molar-refractivity contribution in [3.05, 3.63) is 29.8 Å². The Morgan fingerprint density at radius 3 is 2.79 bits per heavy atom. The number of hydrogen-bond donors (Lipinski definition) is 3. The molecule has 1 heterocycles. The van der Waals surface area contributed by atoms with Gasteiger partial charge >= 0.3 is 0 Å². The summed E-state index contributed by atoms with van der Waals surface area (Å²) in [5.74, 6) is -0.416. The Morgan fingerprint density at radius 1 is 1.38 bits per heavy atom. The Labute approximate surface area is 147 Å². The Hall–Kier alpha value is -1.57. The molecule has 0 spiro atoms. The Morgan fingerprint density at radius 2 is 2.12 bits per heavy atom. The monoisotopic (exact) mass is 351 g/mol. The lowest BCUT2D eigenvalue weighted by atomic mass is 10.1. The van der Waals surface area contributed by atoms with E-state index in [1.165, 1.54) is 10.5 Å². The molecule has 1 aromatic rings. The van der Waals surface area contributed by atoms with Gasteiger partial charge in [0, 0.05) is 30.6 Å². The van der Waals surface area contributed by atoms with Crippen LogP contribution in [0.5, 0.6) is 0 Å². The molecule has 2 rings (SSSR count). The lowest BCUT2D eigenvalue weighted by Crippen LogP contribution is -2.42. The van der Waals surface area contributed by atoms with Crippen molar-refractivity contribution in [2.45, 2.75) is 36.9 Å². The summed E-state index contributed by atoms with van der Waals surface area (Å²) in [4.78, 5) is 27.1. The molecule has 0 aliphatic carbocycles. The van der Waals surface area contributed by atoms with Crippen molar-refractivity contribution >= 4 is 23.6 Å². The molecule has 7 heteroatoms. The van der Waals surface area contributed by atoms with Gasteiger partial charge in [0.25, 0.3) is 0 Å². The van der Waals surface area contributed by atoms with Crippen molar-refractivity contribution in [1.82, 2.24) is 15.5 Å². The van der Waals surface area contributed by atoms with Crippen LogP contribution in [-0.2, 0) is 16.1 Å². The van der Waals surface area contributed by atoms with E-state index in [9.17, 15) is 9.59 Å². The van der Waals surface area contributed by atoms with Crippen LogP contribution in [0.1, 0.15) is 18.9 Å². The van der Waals surface area contributed by atoms with E-state index < -0.39 is 12.5 Å². The molecule has 0 unspecified atom stereocenters. The zero-order valence-electron chi connectivity index (χ0n) is 14.1. The van der Waals surface area contributed by atoms with E-state index in [2.05, 4.69) is 27.7 Å². The van der Waals surface area contributed by atoms with Gasteiger partial charge in [0.05, 0.1) is 6.04 Å². The van der Waals surface area contributed by atoms with E-state index in [1.807, 2.05) is 25.3 Å². The molecule has 1 saturated heterocycles. The number of carbonyl (C=O) groups is 2. The van der Waals surface area contributed by atoms with Crippen LogP contribution in [0.3, 0.4) is 0 Å². The number of rotatable bonds is 7. The third-order valence-corrected chi connectivity index (χ3v) is 4.97. The number of hydrogen-bond acceptors (Lipinski definition) is 5. The predicted octanol–water partition coefficient (Wildman–Crippen LogP) is 0.596. The van der Waals surface area contributed by atoms with Gasteiger partial charge in [-0.1, -0.05) is 18.2 Å². The standard InChI is InChI=1S/C17H25N3O3S/c1-3-18-17(23)14-8-13(19-16(22)11-21)10-20(14)9-12-6-4-5-7-15(12)24-2/h4-7,13-14,21H,3,8-11H2,1-2H3,(H,18,23)(H,19,22)/t13-,14+/m1/s1. The molecule has 1 aliphatic heterocycles. The van der Waals surface area contributed by atoms with Crippen LogP contribution in [0.2, 0.25) is 0 Å². The Balaban J connectivity index is 2.13. The summed E-state index contributed by atoms with van der Waals surface area (Å²) in [5.41, 5.74) is 1.17. The van der Waals surface area contributed by atoms with Crippen molar-refractivity contribution in [2.24, 2.45) is 0 Å². The number of amides is 2. The Bertz CT molecular complexity index is 582. The van der Waals surface area contributed by atoms with Crippen molar-refractivity contribution in [3.63, 3.8) is 0 Å². The number of nitrogens with one attached hydrogen (secondary N) is 2. The van der Waals surface area contributed by atoms with Gasteiger partial charge in [0.2, 0.25) is 11.8 Å². The fourth-order valence-electron chi connectivity index (χ4n) is 3.07. The number of aliphatic hydroxyl groups is 1. The van der Waals surface area contributed by atoms with Crippen molar-refractivity contribution in [1.29, 1.82) is 0 Å². The van der Waals surface area contributed by atoms with E-state index in [-0.39, 0.29) is 18.0 Å². The highest BCUT2D eigenvalue weighted by Crippen LogP contribution is 2.26. The van der Waals surface area contributed by atoms with Crippen LogP contribution in [0.15, 0.2) is 29.2 Å². The smallest absolute Gasteiger partial charge is 0.245 e. The zero-order chi connectivity index (χ0) is 17.5. The predicted molar refractivity (Wildman–Crippen MR) is 94.7 cm³/mol. The summed E-state index contributed by atoms with van der Waals surface area (Å²) in [6, 6.07) is 7.74. The van der Waals surface area contributed by atoms with E-state index in [0.717, 1.165) is 0 Å². The van der Waals surface area contributed by atoms with Crippen LogP contribution in [0.25, 0.3) is 0 Å². The lowest BCUT2D eigenvalue weighted by Gasteiger charge is -2.24. The number of aliphatic hydroxyl groups excluding tert-OH is 1. The summed E-state index contributed by atoms with van der Waals surface area (Å²) in [6.45, 7) is 3.20. The number of carbonyl (C=O) groups excluding carboxylic acids is 2. The molecular formula is C17H25N3O3S. The summed E-state index contributed by atoms with van der Waals surface area (Å²) in [5, 5.41) is 14.6. The molecule has 2 atom stereocenters. The second-order valence-corrected chi connectivity index (χ2v) is 6.66. The second kappa shape index (κ2) is 9.05. The highest BCUT2D eigenvalue weighted by Gasteiger charge is 2.37. The quantitative estimate of drug-likeness (QED) is 0.627. The van der Waals surface area contributed by atoms with Crippen molar-refractivity contribution in [3.8, 4) is 0 Å². The van der Waals surface area contributed by atoms with E-state index in [4.69, 9.17) is 5.11 Å². The molecule has 2 amide bonds. The molecule has 0 aromatic heterocycles. The lowest BCUT2D eigenvalue weighted by molar-refractivity contribution is -0.126. The zero-order valence-corrected chi connectivity index (χ0v) is 14.9. The van der Waals surface area contributed by atoms with Gasteiger partial charge in [-0.3, -0.25) is 14.5 Å². The molecule has 132 valence electrons. The molecule has 0 radical (unpaired) electrons. The van der Waals surface area contributed by atoms with Crippen LogP contribution < -0.4 is 10.6 Å². The molecule has 3 N–H and O–H groups in total. The average Bonchev–Trinajstić information content (AvgIpc) is 2.97. The number of nitrogens with zero attached hydrogens (tertiary/aromatic N) is 1. The first-order valence-electron chi connectivity index (χ1n) is 8.12. The minimum Gasteiger partial charge on any atom is -0.387 e. The minimum atomic E-state index is -0.530. The van der Waals surface area contributed by atoms with E-state index >= 15 is 0 Å². The fourth-order valence-corrected chi connectivity index (χ4v) is 3.68. The van der Waals surface area contributed by atoms with Crippen LogP contribution >= 0.6 is 11.8 Å². The molecule has 0 saturated carbocycles. The molecule has 1 aliphatic rings. The maximum absolute atomic E-state index is 12.4. The molecule has 6 nitrogen and oxygen atoms in total. The van der Waals surface area contributed by atoms with Crippen molar-refractivity contribution in [2.75, 3.05) is 26.0 Å². The molecule has 1 fully saturated rings. The van der Waals surface area contributed by atoms with Gasteiger partial charge in [-0.15, -0.1) is 11.8 Å². The van der Waals surface area contributed by atoms with Crippen molar-refractivity contribution < 1.29 is 14.7 Å².